The number of rotatable bonds is 5. The number of anilines is 2. The van der Waals surface area contributed by atoms with E-state index in [2.05, 4.69) is 15.5 Å². The molecule has 1 aromatic heterocycles. The SMILES string of the molecule is COc1ccc(N2CC(c3nnc(NC(=O)c4ccc(C)c(C)c4)s3)CC2=O)cc1. The lowest BCUT2D eigenvalue weighted by molar-refractivity contribution is -0.117. The second-order valence-corrected chi connectivity index (χ2v) is 8.31. The van der Waals surface area contributed by atoms with Crippen molar-refractivity contribution in [2.45, 2.75) is 26.2 Å². The van der Waals surface area contributed by atoms with Crippen LogP contribution in [0.3, 0.4) is 0 Å². The number of carbonyl (C=O) groups is 2. The Labute approximate surface area is 178 Å². The summed E-state index contributed by atoms with van der Waals surface area (Å²) in [5.41, 5.74) is 3.61. The molecular formula is C22H22N4O3S. The van der Waals surface area contributed by atoms with E-state index in [0.717, 1.165) is 27.6 Å². The van der Waals surface area contributed by atoms with E-state index in [1.807, 2.05) is 50.2 Å². The zero-order valence-corrected chi connectivity index (χ0v) is 17.8. The van der Waals surface area contributed by atoms with E-state index in [4.69, 9.17) is 4.74 Å². The van der Waals surface area contributed by atoms with E-state index in [9.17, 15) is 9.59 Å². The van der Waals surface area contributed by atoms with Crippen molar-refractivity contribution in [1.82, 2.24) is 10.2 Å². The largest absolute Gasteiger partial charge is 0.497 e. The minimum absolute atomic E-state index is 0.0427. The summed E-state index contributed by atoms with van der Waals surface area (Å²) in [5, 5.41) is 12.3. The van der Waals surface area contributed by atoms with Gasteiger partial charge in [0.1, 0.15) is 10.8 Å². The minimum atomic E-state index is -0.219. The van der Waals surface area contributed by atoms with Crippen molar-refractivity contribution in [1.29, 1.82) is 0 Å². The average molecular weight is 423 g/mol. The Kier molecular flexibility index (Phi) is 5.50. The summed E-state index contributed by atoms with van der Waals surface area (Å²) < 4.78 is 5.17. The molecule has 4 rings (SSSR count). The number of hydrogen-bond acceptors (Lipinski definition) is 6. The van der Waals surface area contributed by atoms with Crippen LogP contribution in [-0.4, -0.2) is 35.7 Å². The third-order valence-corrected chi connectivity index (χ3v) is 6.29. The molecule has 1 atom stereocenters. The number of hydrogen-bond donors (Lipinski definition) is 1. The molecule has 1 fully saturated rings. The molecule has 3 aromatic rings. The Morgan fingerprint density at radius 2 is 1.90 bits per heavy atom. The Balaban J connectivity index is 1.44. The monoisotopic (exact) mass is 422 g/mol. The molecule has 0 radical (unpaired) electrons. The number of nitrogens with one attached hydrogen (secondary N) is 1. The van der Waals surface area contributed by atoms with Crippen LogP contribution in [0.2, 0.25) is 0 Å². The zero-order chi connectivity index (χ0) is 21.3. The van der Waals surface area contributed by atoms with Crippen LogP contribution >= 0.6 is 11.3 Å². The molecule has 0 saturated carbocycles. The number of aryl methyl sites for hydroxylation is 2. The summed E-state index contributed by atoms with van der Waals surface area (Å²) in [7, 11) is 1.61. The van der Waals surface area contributed by atoms with E-state index in [-0.39, 0.29) is 17.7 Å². The molecule has 8 heteroatoms. The number of amides is 2. The van der Waals surface area contributed by atoms with Gasteiger partial charge in [0.2, 0.25) is 11.0 Å². The number of carbonyl (C=O) groups excluding carboxylic acids is 2. The first-order valence-corrected chi connectivity index (χ1v) is 10.4. The lowest BCUT2D eigenvalue weighted by Crippen LogP contribution is -2.24. The molecule has 30 heavy (non-hydrogen) atoms. The van der Waals surface area contributed by atoms with E-state index < -0.39 is 0 Å². The fourth-order valence-corrected chi connectivity index (χ4v) is 4.22. The zero-order valence-electron chi connectivity index (χ0n) is 17.0. The van der Waals surface area contributed by atoms with Crippen LogP contribution in [0.5, 0.6) is 5.75 Å². The molecule has 2 amide bonds. The molecule has 0 aliphatic carbocycles. The van der Waals surface area contributed by atoms with E-state index >= 15 is 0 Å². The van der Waals surface area contributed by atoms with Crippen molar-refractivity contribution >= 4 is 34.0 Å². The fourth-order valence-electron chi connectivity index (χ4n) is 3.39. The topological polar surface area (TPSA) is 84.4 Å². The summed E-state index contributed by atoms with van der Waals surface area (Å²) in [5.74, 6) is 0.517. The molecule has 0 bridgehead atoms. The van der Waals surface area contributed by atoms with Gasteiger partial charge in [-0.05, 0) is 61.4 Å². The van der Waals surface area contributed by atoms with Crippen molar-refractivity contribution in [3.05, 3.63) is 64.2 Å². The number of ether oxygens (including phenoxy) is 1. The van der Waals surface area contributed by atoms with E-state index in [0.29, 0.717) is 23.7 Å². The number of aromatic nitrogens is 2. The second kappa shape index (κ2) is 8.23. The van der Waals surface area contributed by atoms with Gasteiger partial charge in [-0.25, -0.2) is 0 Å². The Morgan fingerprint density at radius 1 is 1.13 bits per heavy atom. The summed E-state index contributed by atoms with van der Waals surface area (Å²) in [6, 6.07) is 13.0. The Bertz CT molecular complexity index is 1090. The summed E-state index contributed by atoms with van der Waals surface area (Å²) in [6.45, 7) is 4.51. The molecule has 1 N–H and O–H groups in total. The molecule has 154 valence electrons. The van der Waals surface area contributed by atoms with E-state index in [1.165, 1.54) is 11.3 Å². The van der Waals surface area contributed by atoms with Crippen LogP contribution in [-0.2, 0) is 4.79 Å². The normalized spacial score (nSPS) is 16.0. The minimum Gasteiger partial charge on any atom is -0.497 e. The van der Waals surface area contributed by atoms with Crippen molar-refractivity contribution in [2.24, 2.45) is 0 Å². The highest BCUT2D eigenvalue weighted by molar-refractivity contribution is 7.15. The first kappa shape index (κ1) is 20.0. The van der Waals surface area contributed by atoms with Gasteiger partial charge in [0.05, 0.1) is 7.11 Å². The van der Waals surface area contributed by atoms with Crippen LogP contribution in [0.25, 0.3) is 0 Å². The van der Waals surface area contributed by atoms with Gasteiger partial charge in [0.15, 0.2) is 0 Å². The van der Waals surface area contributed by atoms with Crippen molar-refractivity contribution in [3.8, 4) is 5.75 Å². The molecule has 1 aliphatic heterocycles. The predicted molar refractivity (Wildman–Crippen MR) is 116 cm³/mol. The highest BCUT2D eigenvalue weighted by atomic mass is 32.1. The van der Waals surface area contributed by atoms with Crippen molar-refractivity contribution < 1.29 is 14.3 Å². The molecule has 0 spiro atoms. The van der Waals surface area contributed by atoms with E-state index in [1.54, 1.807) is 18.1 Å². The van der Waals surface area contributed by atoms with Gasteiger partial charge in [-0.1, -0.05) is 17.4 Å². The third kappa shape index (κ3) is 4.04. The Morgan fingerprint density at radius 3 is 2.60 bits per heavy atom. The molecule has 2 aromatic carbocycles. The smallest absolute Gasteiger partial charge is 0.257 e. The summed E-state index contributed by atoms with van der Waals surface area (Å²) in [4.78, 5) is 26.8. The number of methoxy groups -OCH3 is 1. The van der Waals surface area contributed by atoms with Gasteiger partial charge in [-0.3, -0.25) is 14.9 Å². The van der Waals surface area contributed by atoms with Gasteiger partial charge >= 0.3 is 0 Å². The standard InChI is InChI=1S/C22H22N4O3S/c1-13-4-5-15(10-14(13)2)20(28)23-22-25-24-21(30-22)16-11-19(27)26(12-16)17-6-8-18(29-3)9-7-17/h4-10,16H,11-12H2,1-3H3,(H,23,25,28). The maximum atomic E-state index is 12.5. The second-order valence-electron chi connectivity index (χ2n) is 7.30. The molecule has 1 saturated heterocycles. The van der Waals surface area contributed by atoms with Gasteiger partial charge in [-0.2, -0.15) is 0 Å². The van der Waals surface area contributed by atoms with Crippen molar-refractivity contribution in [3.63, 3.8) is 0 Å². The summed E-state index contributed by atoms with van der Waals surface area (Å²) >= 11 is 1.31. The van der Waals surface area contributed by atoms with Crippen LogP contribution in [0.1, 0.15) is 38.8 Å². The molecule has 1 unspecified atom stereocenters. The predicted octanol–water partition coefficient (Wildman–Crippen LogP) is 3.94. The number of nitrogens with zero attached hydrogens (tertiary/aromatic N) is 3. The third-order valence-electron chi connectivity index (χ3n) is 5.29. The molecule has 7 nitrogen and oxygen atoms in total. The first-order valence-electron chi connectivity index (χ1n) is 9.61. The first-order chi connectivity index (χ1) is 14.4. The van der Waals surface area contributed by atoms with Crippen LogP contribution < -0.4 is 15.0 Å². The fraction of sp³-hybridized carbons (Fsp3) is 0.273. The highest BCUT2D eigenvalue weighted by Crippen LogP contribution is 2.34. The molecule has 2 heterocycles. The van der Waals surface area contributed by atoms with Crippen LogP contribution in [0.4, 0.5) is 10.8 Å². The maximum Gasteiger partial charge on any atom is 0.257 e. The van der Waals surface area contributed by atoms with Crippen LogP contribution in [0.15, 0.2) is 42.5 Å². The lowest BCUT2D eigenvalue weighted by atomic mass is 10.1. The van der Waals surface area contributed by atoms with Crippen molar-refractivity contribution in [2.75, 3.05) is 23.9 Å². The quantitative estimate of drug-likeness (QED) is 0.673. The molecule has 1 aliphatic rings. The average Bonchev–Trinajstić information content (AvgIpc) is 3.36. The van der Waals surface area contributed by atoms with Gasteiger partial charge in [0.25, 0.3) is 5.91 Å². The van der Waals surface area contributed by atoms with Gasteiger partial charge in [0, 0.05) is 30.1 Å². The maximum absolute atomic E-state index is 12.5. The molecular weight excluding hydrogens is 400 g/mol. The summed E-state index contributed by atoms with van der Waals surface area (Å²) in [6.07, 6.45) is 0.367. The lowest BCUT2D eigenvalue weighted by Gasteiger charge is -2.16. The number of benzene rings is 2. The van der Waals surface area contributed by atoms with Crippen LogP contribution in [0, 0.1) is 13.8 Å². The van der Waals surface area contributed by atoms with Gasteiger partial charge in [-0.15, -0.1) is 10.2 Å². The Hall–Kier alpha value is -3.26. The van der Waals surface area contributed by atoms with Gasteiger partial charge < -0.3 is 9.64 Å². The highest BCUT2D eigenvalue weighted by Gasteiger charge is 2.34.